The number of nitro groups is 1. The minimum absolute atomic E-state index is 0.136. The first-order chi connectivity index (χ1) is 16.2. The zero-order valence-corrected chi connectivity index (χ0v) is 18.4. The maximum absolute atomic E-state index is 13.1. The number of anilines is 1. The number of methoxy groups -OCH3 is 1. The van der Waals surface area contributed by atoms with Crippen molar-refractivity contribution < 1.29 is 28.5 Å². The Hall–Kier alpha value is -4.73. The number of amides is 4. The van der Waals surface area contributed by atoms with E-state index >= 15 is 0 Å². The van der Waals surface area contributed by atoms with Crippen LogP contribution >= 0.6 is 0 Å². The Labute approximate surface area is 193 Å². The monoisotopic (exact) mass is 461 g/mol. The van der Waals surface area contributed by atoms with E-state index in [1.54, 1.807) is 12.1 Å². The lowest BCUT2D eigenvalue weighted by atomic mass is 10.1. The average molecular weight is 461 g/mol. The first-order valence-corrected chi connectivity index (χ1v) is 10.1. The molecule has 10 nitrogen and oxygen atoms in total. The summed E-state index contributed by atoms with van der Waals surface area (Å²) < 4.78 is 11.0. The second-order valence-electron chi connectivity index (χ2n) is 7.65. The average Bonchev–Trinajstić information content (AvgIpc) is 3.24. The molecule has 2 heterocycles. The van der Waals surface area contributed by atoms with Gasteiger partial charge in [-0.15, -0.1) is 0 Å². The molecule has 172 valence electrons. The minimum atomic E-state index is -0.860. The summed E-state index contributed by atoms with van der Waals surface area (Å²) >= 11 is 0. The Balaban J connectivity index is 1.72. The van der Waals surface area contributed by atoms with Crippen molar-refractivity contribution in [2.45, 2.75) is 13.8 Å². The van der Waals surface area contributed by atoms with Crippen molar-refractivity contribution in [3.05, 3.63) is 81.1 Å². The van der Waals surface area contributed by atoms with Crippen molar-refractivity contribution in [1.82, 2.24) is 5.32 Å². The molecule has 1 aliphatic rings. The van der Waals surface area contributed by atoms with Crippen LogP contribution in [0.15, 0.2) is 58.5 Å². The number of nitrogens with one attached hydrogen (secondary N) is 1. The fraction of sp³-hybridized carbons (Fsp3) is 0.125. The van der Waals surface area contributed by atoms with Crippen LogP contribution in [0.5, 0.6) is 5.75 Å². The number of barbiturate groups is 1. The molecule has 3 aromatic rings. The van der Waals surface area contributed by atoms with E-state index < -0.39 is 22.8 Å². The van der Waals surface area contributed by atoms with Crippen LogP contribution in [0.4, 0.5) is 16.2 Å². The summed E-state index contributed by atoms with van der Waals surface area (Å²) in [5, 5.41) is 13.3. The van der Waals surface area contributed by atoms with E-state index in [0.29, 0.717) is 17.0 Å². The summed E-state index contributed by atoms with van der Waals surface area (Å²) in [7, 11) is 1.42. The molecule has 1 N–H and O–H groups in total. The number of carbonyl (C=O) groups is 3. The number of carbonyl (C=O) groups excluding carboxylic acids is 3. The van der Waals surface area contributed by atoms with Crippen LogP contribution in [0.1, 0.15) is 16.9 Å². The molecule has 0 spiro atoms. The highest BCUT2D eigenvalue weighted by atomic mass is 16.6. The fourth-order valence-electron chi connectivity index (χ4n) is 3.69. The second kappa shape index (κ2) is 8.66. The summed E-state index contributed by atoms with van der Waals surface area (Å²) in [6.07, 6.45) is 1.22. The van der Waals surface area contributed by atoms with Gasteiger partial charge in [0, 0.05) is 12.1 Å². The van der Waals surface area contributed by atoms with Crippen molar-refractivity contribution >= 4 is 35.3 Å². The number of benzene rings is 2. The standard InChI is InChI=1S/C24H19N3O7/c1-13-8-14(2)10-16(9-13)26-23(29)19(22(28)25-24(26)30)12-17-5-7-21(34-17)18-11-15(27(31)32)4-6-20(18)33-3/h4-12H,1-3H3,(H,25,28,30)/b19-12+. The molecule has 1 fully saturated rings. The third kappa shape index (κ3) is 4.16. The summed E-state index contributed by atoms with van der Waals surface area (Å²) in [5.74, 6) is -0.946. The molecule has 0 aliphatic carbocycles. The van der Waals surface area contributed by atoms with Gasteiger partial charge in [0.25, 0.3) is 17.5 Å². The van der Waals surface area contributed by atoms with Gasteiger partial charge in [-0.3, -0.25) is 25.0 Å². The van der Waals surface area contributed by atoms with E-state index in [9.17, 15) is 24.5 Å². The summed E-state index contributed by atoms with van der Waals surface area (Å²) in [6, 6.07) is 11.5. The number of hydrogen-bond acceptors (Lipinski definition) is 7. The van der Waals surface area contributed by atoms with Gasteiger partial charge in [0.05, 0.1) is 23.3 Å². The van der Waals surface area contributed by atoms with Crippen LogP contribution in [0.25, 0.3) is 17.4 Å². The van der Waals surface area contributed by atoms with Crippen LogP contribution in [-0.2, 0) is 9.59 Å². The number of rotatable bonds is 5. The maximum atomic E-state index is 13.1. The number of aryl methyl sites for hydroxylation is 2. The van der Waals surface area contributed by atoms with Crippen LogP contribution in [0, 0.1) is 24.0 Å². The molecule has 1 saturated heterocycles. The largest absolute Gasteiger partial charge is 0.496 e. The van der Waals surface area contributed by atoms with E-state index in [2.05, 4.69) is 5.32 Å². The lowest BCUT2D eigenvalue weighted by molar-refractivity contribution is -0.384. The van der Waals surface area contributed by atoms with Crippen molar-refractivity contribution in [2.75, 3.05) is 12.0 Å². The number of urea groups is 1. The smallest absolute Gasteiger partial charge is 0.335 e. The molecule has 0 bridgehead atoms. The summed E-state index contributed by atoms with van der Waals surface area (Å²) in [5.41, 5.74) is 1.90. The minimum Gasteiger partial charge on any atom is -0.496 e. The molecule has 10 heteroatoms. The predicted octanol–water partition coefficient (Wildman–Crippen LogP) is 4.15. The van der Waals surface area contributed by atoms with E-state index in [1.807, 2.05) is 19.9 Å². The molecule has 34 heavy (non-hydrogen) atoms. The van der Waals surface area contributed by atoms with Gasteiger partial charge in [0.2, 0.25) is 0 Å². The third-order valence-corrected chi connectivity index (χ3v) is 5.14. The lowest BCUT2D eigenvalue weighted by Gasteiger charge is -2.26. The van der Waals surface area contributed by atoms with Gasteiger partial charge in [0.15, 0.2) is 0 Å². The fourth-order valence-corrected chi connectivity index (χ4v) is 3.69. The van der Waals surface area contributed by atoms with E-state index in [0.717, 1.165) is 16.0 Å². The molecular weight excluding hydrogens is 442 g/mol. The highest BCUT2D eigenvalue weighted by Crippen LogP contribution is 2.35. The van der Waals surface area contributed by atoms with E-state index in [4.69, 9.17) is 9.15 Å². The maximum Gasteiger partial charge on any atom is 0.335 e. The number of ether oxygens (including phenoxy) is 1. The Kier molecular flexibility index (Phi) is 5.72. The molecule has 2 aromatic carbocycles. The second-order valence-corrected chi connectivity index (χ2v) is 7.65. The molecule has 1 aromatic heterocycles. The number of furan rings is 1. The first-order valence-electron chi connectivity index (χ1n) is 10.1. The number of nitro benzene ring substituents is 1. The molecule has 0 radical (unpaired) electrons. The SMILES string of the molecule is COc1ccc([N+](=O)[O-])cc1-c1ccc(/C=C2\C(=O)NC(=O)N(c3cc(C)cc(C)c3)C2=O)o1. The van der Waals surface area contributed by atoms with Crippen LogP contribution < -0.4 is 15.0 Å². The van der Waals surface area contributed by atoms with Crippen molar-refractivity contribution in [3.63, 3.8) is 0 Å². The Bertz CT molecular complexity index is 1370. The summed E-state index contributed by atoms with van der Waals surface area (Å²) in [6.45, 7) is 3.66. The van der Waals surface area contributed by atoms with Gasteiger partial charge in [-0.05, 0) is 61.4 Å². The molecule has 0 saturated carbocycles. The normalized spacial score (nSPS) is 15.0. The topological polar surface area (TPSA) is 132 Å². The molecule has 4 rings (SSSR count). The van der Waals surface area contributed by atoms with Crippen LogP contribution in [0.3, 0.4) is 0 Å². The van der Waals surface area contributed by atoms with Crippen molar-refractivity contribution in [1.29, 1.82) is 0 Å². The van der Waals surface area contributed by atoms with Crippen LogP contribution in [-0.4, -0.2) is 29.9 Å². The Morgan fingerprint density at radius 2 is 1.74 bits per heavy atom. The molecule has 0 atom stereocenters. The molecule has 4 amide bonds. The Morgan fingerprint density at radius 3 is 2.38 bits per heavy atom. The van der Waals surface area contributed by atoms with Crippen molar-refractivity contribution in [3.8, 4) is 17.1 Å². The predicted molar refractivity (Wildman–Crippen MR) is 122 cm³/mol. The molecular formula is C24H19N3O7. The van der Waals surface area contributed by atoms with E-state index in [1.165, 1.54) is 43.5 Å². The van der Waals surface area contributed by atoms with Crippen LogP contribution in [0.2, 0.25) is 0 Å². The third-order valence-electron chi connectivity index (χ3n) is 5.14. The summed E-state index contributed by atoms with van der Waals surface area (Å²) in [4.78, 5) is 49.5. The molecule has 0 unspecified atom stereocenters. The number of imide groups is 2. The van der Waals surface area contributed by atoms with Gasteiger partial charge in [-0.25, -0.2) is 9.69 Å². The highest BCUT2D eigenvalue weighted by Gasteiger charge is 2.37. The quantitative estimate of drug-likeness (QED) is 0.261. The zero-order valence-electron chi connectivity index (χ0n) is 18.4. The van der Waals surface area contributed by atoms with Gasteiger partial charge in [0.1, 0.15) is 22.8 Å². The van der Waals surface area contributed by atoms with Gasteiger partial charge < -0.3 is 9.15 Å². The van der Waals surface area contributed by atoms with Gasteiger partial charge in [-0.1, -0.05) is 6.07 Å². The first kappa shape index (κ1) is 22.5. The highest BCUT2D eigenvalue weighted by molar-refractivity contribution is 6.39. The number of hydrogen-bond donors (Lipinski definition) is 1. The number of nitrogens with zero attached hydrogens (tertiary/aromatic N) is 2. The van der Waals surface area contributed by atoms with E-state index in [-0.39, 0.29) is 22.8 Å². The Morgan fingerprint density at radius 1 is 1.03 bits per heavy atom. The zero-order chi connectivity index (χ0) is 24.6. The number of non-ortho nitro benzene ring substituents is 1. The van der Waals surface area contributed by atoms with Gasteiger partial charge >= 0.3 is 6.03 Å². The molecule has 1 aliphatic heterocycles. The van der Waals surface area contributed by atoms with Crippen molar-refractivity contribution in [2.24, 2.45) is 0 Å². The lowest BCUT2D eigenvalue weighted by Crippen LogP contribution is -2.54. The van der Waals surface area contributed by atoms with Gasteiger partial charge in [-0.2, -0.15) is 0 Å².